The molecule has 1 aromatic carbocycles. The summed E-state index contributed by atoms with van der Waals surface area (Å²) in [7, 11) is 0. The minimum absolute atomic E-state index is 0.00722. The number of carbonyl (C=O) groups excluding carboxylic acids is 1. The summed E-state index contributed by atoms with van der Waals surface area (Å²) in [4.78, 5) is 11.7. The average molecular weight is 318 g/mol. The van der Waals surface area contributed by atoms with Crippen LogP contribution in [0, 0.1) is 0 Å². The number of hydrogen-bond donors (Lipinski definition) is 2. The van der Waals surface area contributed by atoms with Crippen LogP contribution in [0.25, 0.3) is 0 Å². The Kier molecular flexibility index (Phi) is 7.80. The number of aliphatic hydroxyl groups excluding tert-OH is 1. The van der Waals surface area contributed by atoms with Crippen LogP contribution >= 0.6 is 23.4 Å². The van der Waals surface area contributed by atoms with Crippen molar-refractivity contribution >= 4 is 29.3 Å². The Morgan fingerprint density at radius 1 is 1.55 bits per heavy atom. The summed E-state index contributed by atoms with van der Waals surface area (Å²) in [5, 5.41) is 12.6. The van der Waals surface area contributed by atoms with Crippen molar-refractivity contribution in [2.24, 2.45) is 0 Å². The van der Waals surface area contributed by atoms with Crippen LogP contribution in [0.2, 0.25) is 5.02 Å². The van der Waals surface area contributed by atoms with Crippen molar-refractivity contribution in [2.75, 3.05) is 19.5 Å². The van der Waals surface area contributed by atoms with E-state index in [9.17, 15) is 4.79 Å². The van der Waals surface area contributed by atoms with E-state index < -0.39 is 0 Å². The van der Waals surface area contributed by atoms with Gasteiger partial charge in [-0.05, 0) is 31.4 Å². The molecule has 6 heteroatoms. The average Bonchev–Trinajstić information content (AvgIpc) is 2.40. The smallest absolute Gasteiger partial charge is 0.223 e. The lowest BCUT2D eigenvalue weighted by Gasteiger charge is -2.21. The van der Waals surface area contributed by atoms with Gasteiger partial charge in [0.05, 0.1) is 19.6 Å². The van der Waals surface area contributed by atoms with E-state index in [1.807, 2.05) is 13.2 Å². The number of amides is 1. The van der Waals surface area contributed by atoms with E-state index in [-0.39, 0.29) is 30.2 Å². The van der Waals surface area contributed by atoms with Gasteiger partial charge in [-0.3, -0.25) is 4.79 Å². The minimum atomic E-state index is -0.0907. The zero-order chi connectivity index (χ0) is 15.0. The van der Waals surface area contributed by atoms with Gasteiger partial charge in [0.15, 0.2) is 0 Å². The molecule has 0 aliphatic rings. The van der Waals surface area contributed by atoms with Crippen molar-refractivity contribution in [1.82, 2.24) is 5.32 Å². The summed E-state index contributed by atoms with van der Waals surface area (Å²) in [6.45, 7) is 2.22. The first kappa shape index (κ1) is 17.1. The van der Waals surface area contributed by atoms with Crippen LogP contribution in [0.15, 0.2) is 24.3 Å². The summed E-state index contributed by atoms with van der Waals surface area (Å²) < 4.78 is 5.45. The summed E-state index contributed by atoms with van der Waals surface area (Å²) in [6.07, 6.45) is 2.18. The van der Waals surface area contributed by atoms with Crippen molar-refractivity contribution in [3.63, 3.8) is 0 Å². The molecule has 0 aliphatic heterocycles. The number of nitrogens with one attached hydrogen (secondary N) is 1. The molecular weight excluding hydrogens is 298 g/mol. The molecule has 1 rings (SSSR count). The number of hydrogen-bond acceptors (Lipinski definition) is 4. The third kappa shape index (κ3) is 6.03. The topological polar surface area (TPSA) is 58.6 Å². The standard InChI is InChI=1S/C14H20ClNO3S/c1-10(13(9-17)20-2)16-14(18)6-7-19-12-5-3-4-11(15)8-12/h3-5,8,10,13,17H,6-7,9H2,1-2H3,(H,16,18). The lowest BCUT2D eigenvalue weighted by molar-refractivity contribution is -0.122. The zero-order valence-electron chi connectivity index (χ0n) is 11.6. The Hall–Kier alpha value is -0.910. The fourth-order valence-corrected chi connectivity index (χ4v) is 2.48. The SMILES string of the molecule is CSC(CO)C(C)NC(=O)CCOc1cccc(Cl)c1. The van der Waals surface area contributed by atoms with Crippen molar-refractivity contribution in [1.29, 1.82) is 0 Å². The van der Waals surface area contributed by atoms with Crippen LogP contribution in [0.3, 0.4) is 0 Å². The molecule has 0 saturated heterocycles. The Balaban J connectivity index is 2.30. The maximum Gasteiger partial charge on any atom is 0.223 e. The summed E-state index contributed by atoms with van der Waals surface area (Å²) >= 11 is 7.37. The number of thioether (sulfide) groups is 1. The lowest BCUT2D eigenvalue weighted by Crippen LogP contribution is -2.41. The van der Waals surface area contributed by atoms with Crippen LogP contribution in [-0.2, 0) is 4.79 Å². The van der Waals surface area contributed by atoms with Crippen LogP contribution in [0.5, 0.6) is 5.75 Å². The van der Waals surface area contributed by atoms with E-state index in [1.54, 1.807) is 24.3 Å². The molecule has 0 bridgehead atoms. The number of halogens is 1. The summed E-state index contributed by atoms with van der Waals surface area (Å²) in [5.74, 6) is 0.558. The second-order valence-electron chi connectivity index (χ2n) is 4.37. The maximum absolute atomic E-state index is 11.7. The molecule has 1 aromatic rings. The van der Waals surface area contributed by atoms with Gasteiger partial charge in [-0.2, -0.15) is 11.8 Å². The lowest BCUT2D eigenvalue weighted by atomic mass is 10.2. The van der Waals surface area contributed by atoms with Gasteiger partial charge < -0.3 is 15.2 Å². The molecule has 20 heavy (non-hydrogen) atoms. The first-order chi connectivity index (χ1) is 9.56. The first-order valence-corrected chi connectivity index (χ1v) is 8.04. The predicted molar refractivity (Wildman–Crippen MR) is 83.6 cm³/mol. The molecule has 0 spiro atoms. The van der Waals surface area contributed by atoms with Gasteiger partial charge in [0, 0.05) is 16.3 Å². The number of rotatable bonds is 8. The van der Waals surface area contributed by atoms with E-state index in [1.165, 1.54) is 11.8 Å². The Bertz CT molecular complexity index is 427. The fraction of sp³-hybridized carbons (Fsp3) is 0.500. The van der Waals surface area contributed by atoms with Crippen LogP contribution in [-0.4, -0.2) is 41.8 Å². The van der Waals surface area contributed by atoms with Crippen molar-refractivity contribution in [2.45, 2.75) is 24.6 Å². The largest absolute Gasteiger partial charge is 0.493 e. The number of aliphatic hydroxyl groups is 1. The maximum atomic E-state index is 11.7. The molecule has 0 fully saturated rings. The molecule has 0 heterocycles. The molecule has 112 valence electrons. The minimum Gasteiger partial charge on any atom is -0.493 e. The first-order valence-electron chi connectivity index (χ1n) is 6.38. The second kappa shape index (κ2) is 9.10. The molecular formula is C14H20ClNO3S. The van der Waals surface area contributed by atoms with Crippen LogP contribution in [0.1, 0.15) is 13.3 Å². The number of carbonyl (C=O) groups is 1. The molecule has 0 radical (unpaired) electrons. The molecule has 0 aromatic heterocycles. The third-order valence-electron chi connectivity index (χ3n) is 2.82. The molecule has 1 amide bonds. The molecule has 4 nitrogen and oxygen atoms in total. The van der Waals surface area contributed by atoms with Gasteiger partial charge in [0.25, 0.3) is 0 Å². The molecule has 2 unspecified atom stereocenters. The summed E-state index contributed by atoms with van der Waals surface area (Å²) in [5.41, 5.74) is 0. The van der Waals surface area contributed by atoms with E-state index >= 15 is 0 Å². The van der Waals surface area contributed by atoms with Gasteiger partial charge >= 0.3 is 0 Å². The molecule has 0 saturated carbocycles. The molecule has 2 atom stereocenters. The zero-order valence-corrected chi connectivity index (χ0v) is 13.2. The van der Waals surface area contributed by atoms with E-state index in [2.05, 4.69) is 5.32 Å². The normalized spacial score (nSPS) is 13.6. The van der Waals surface area contributed by atoms with Crippen molar-refractivity contribution in [3.05, 3.63) is 29.3 Å². The second-order valence-corrected chi connectivity index (χ2v) is 5.88. The van der Waals surface area contributed by atoms with E-state index in [4.69, 9.17) is 21.4 Å². The Morgan fingerprint density at radius 2 is 2.30 bits per heavy atom. The predicted octanol–water partition coefficient (Wildman–Crippen LogP) is 2.34. The summed E-state index contributed by atoms with van der Waals surface area (Å²) in [6, 6.07) is 6.98. The van der Waals surface area contributed by atoms with E-state index in [0.717, 1.165) is 0 Å². The Morgan fingerprint density at radius 3 is 2.90 bits per heavy atom. The highest BCUT2D eigenvalue weighted by atomic mass is 35.5. The van der Waals surface area contributed by atoms with E-state index in [0.29, 0.717) is 17.4 Å². The van der Waals surface area contributed by atoms with Crippen molar-refractivity contribution in [3.8, 4) is 5.75 Å². The Labute approximate surface area is 128 Å². The fourth-order valence-electron chi connectivity index (χ4n) is 1.67. The van der Waals surface area contributed by atoms with Gasteiger partial charge in [-0.15, -0.1) is 0 Å². The highest BCUT2D eigenvalue weighted by Gasteiger charge is 2.17. The molecule has 2 N–H and O–H groups in total. The third-order valence-corrected chi connectivity index (χ3v) is 4.22. The highest BCUT2D eigenvalue weighted by Crippen LogP contribution is 2.17. The van der Waals surface area contributed by atoms with Gasteiger partial charge in [0.1, 0.15) is 5.75 Å². The number of ether oxygens (including phenoxy) is 1. The number of benzene rings is 1. The molecule has 0 aliphatic carbocycles. The van der Waals surface area contributed by atoms with Gasteiger partial charge in [-0.25, -0.2) is 0 Å². The monoisotopic (exact) mass is 317 g/mol. The van der Waals surface area contributed by atoms with Crippen LogP contribution in [0.4, 0.5) is 0 Å². The highest BCUT2D eigenvalue weighted by molar-refractivity contribution is 7.99. The van der Waals surface area contributed by atoms with Crippen LogP contribution < -0.4 is 10.1 Å². The van der Waals surface area contributed by atoms with Crippen molar-refractivity contribution < 1.29 is 14.6 Å². The van der Waals surface area contributed by atoms with Gasteiger partial charge in [0.2, 0.25) is 5.91 Å². The van der Waals surface area contributed by atoms with Gasteiger partial charge in [-0.1, -0.05) is 17.7 Å². The quantitative estimate of drug-likeness (QED) is 0.772.